The quantitative estimate of drug-likeness (QED) is 0.150. The molecule has 0 radical (unpaired) electrons. The van der Waals surface area contributed by atoms with Crippen molar-refractivity contribution in [3.63, 3.8) is 0 Å². The lowest BCUT2D eigenvalue weighted by atomic mass is 9.43. The Morgan fingerprint density at radius 3 is 2.62 bits per heavy atom. The number of halogens is 1. The van der Waals surface area contributed by atoms with Crippen LogP contribution < -0.4 is 21.7 Å². The first-order valence-electron chi connectivity index (χ1n) is 17.1. The van der Waals surface area contributed by atoms with Crippen molar-refractivity contribution in [2.45, 2.75) is 102 Å². The summed E-state index contributed by atoms with van der Waals surface area (Å²) < 4.78 is 13.4. The fourth-order valence-electron chi connectivity index (χ4n) is 8.49. The highest BCUT2D eigenvalue weighted by Gasteiger charge is 2.68. The summed E-state index contributed by atoms with van der Waals surface area (Å²) in [7, 11) is -0.626. The summed E-state index contributed by atoms with van der Waals surface area (Å²) in [6.45, 7) is 9.18. The van der Waals surface area contributed by atoms with Gasteiger partial charge >= 0.3 is 7.12 Å². The van der Waals surface area contributed by atoms with Gasteiger partial charge in [-0.1, -0.05) is 55.8 Å². The van der Waals surface area contributed by atoms with Crippen LogP contribution in [0.2, 0.25) is 5.15 Å². The zero-order chi connectivity index (χ0) is 34.2. The lowest BCUT2D eigenvalue weighted by Gasteiger charge is -2.64. The fraction of sp³-hybridized carbons (Fsp3) is 0.618. The number of anilines is 2. The number of carbonyl (C=O) groups excluding carboxylic acids is 3. The van der Waals surface area contributed by atoms with Gasteiger partial charge in [-0.15, -0.1) is 0 Å². The molecule has 3 amide bonds. The van der Waals surface area contributed by atoms with E-state index in [-0.39, 0.29) is 40.3 Å². The lowest BCUT2D eigenvalue weighted by molar-refractivity contribution is -0.199. The summed E-state index contributed by atoms with van der Waals surface area (Å²) in [6.07, 6.45) is 4.80. The standard InChI is InChI=1S/C34H47BClN7O5/c1-20(44)39-23(16-21-10-6-5-7-11-21)31(46)43-15-9-12-24(43)30(45)40-27(13-8-14-38-29-19-28(36)41-32(37)42-29)35-47-26-18-22-17-25(33(22,2)3)34(26,4)48-35/h5-7,10-11,19,22-27H,8-9,12-18H2,1-4H3,(H,39,44)(H,40,45)(H3,37,38,41,42)/t22?,23-,24?,25?,26-,27+,34+/m1/s1. The maximum Gasteiger partial charge on any atom is 0.481 e. The van der Waals surface area contributed by atoms with Crippen LogP contribution in [0.15, 0.2) is 36.4 Å². The lowest BCUT2D eigenvalue weighted by Crippen LogP contribution is -2.65. The van der Waals surface area contributed by atoms with Crippen LogP contribution in [0.3, 0.4) is 0 Å². The van der Waals surface area contributed by atoms with E-state index in [1.807, 2.05) is 30.3 Å². The highest BCUT2D eigenvalue weighted by atomic mass is 35.5. The Bertz CT molecular complexity index is 1500. The number of aromatic nitrogens is 2. The maximum absolute atomic E-state index is 14.1. The summed E-state index contributed by atoms with van der Waals surface area (Å²) in [5, 5.41) is 9.55. The largest absolute Gasteiger partial charge is 0.481 e. The molecule has 1 aromatic heterocycles. The molecule has 0 spiro atoms. The smallest absolute Gasteiger partial charge is 0.404 e. The first kappa shape index (κ1) is 34.4. The third-order valence-electron chi connectivity index (χ3n) is 11.1. The Balaban J connectivity index is 1.16. The molecule has 1 aromatic carbocycles. The van der Waals surface area contributed by atoms with Crippen LogP contribution in [0.25, 0.3) is 0 Å². The number of nitrogens with two attached hydrogens (primary N) is 1. The Hall–Kier alpha value is -3.42. The molecular formula is C34H47BClN7O5. The van der Waals surface area contributed by atoms with Crippen molar-refractivity contribution in [3.8, 4) is 0 Å². The van der Waals surface area contributed by atoms with Gasteiger partial charge in [-0.25, -0.2) is 4.98 Å². The molecule has 3 heterocycles. The van der Waals surface area contributed by atoms with Crippen LogP contribution in [0.1, 0.15) is 71.8 Å². The van der Waals surface area contributed by atoms with Crippen LogP contribution in [0.4, 0.5) is 11.8 Å². The third kappa shape index (κ3) is 7.00. The maximum atomic E-state index is 14.1. The van der Waals surface area contributed by atoms with Gasteiger partial charge in [0.1, 0.15) is 23.1 Å². The first-order chi connectivity index (χ1) is 22.8. The molecular weight excluding hydrogens is 633 g/mol. The van der Waals surface area contributed by atoms with Crippen molar-refractivity contribution in [1.82, 2.24) is 25.5 Å². The number of carbonyl (C=O) groups is 3. The van der Waals surface area contributed by atoms with E-state index < -0.39 is 30.7 Å². The van der Waals surface area contributed by atoms with Crippen molar-refractivity contribution in [1.29, 1.82) is 0 Å². The Morgan fingerprint density at radius 2 is 1.92 bits per heavy atom. The summed E-state index contributed by atoms with van der Waals surface area (Å²) in [5.74, 6) is 0.328. The molecule has 2 aliphatic heterocycles. The second-order valence-electron chi connectivity index (χ2n) is 14.6. The minimum absolute atomic E-state index is 0.0381. The average molecular weight is 680 g/mol. The van der Waals surface area contributed by atoms with Crippen molar-refractivity contribution in [2.24, 2.45) is 17.3 Å². The molecule has 5 aliphatic rings. The van der Waals surface area contributed by atoms with E-state index in [0.29, 0.717) is 62.8 Å². The predicted octanol–water partition coefficient (Wildman–Crippen LogP) is 3.40. The molecule has 14 heteroatoms. The molecule has 5 fully saturated rings. The number of nitrogen functional groups attached to an aromatic ring is 1. The van der Waals surface area contributed by atoms with E-state index in [0.717, 1.165) is 18.4 Å². The van der Waals surface area contributed by atoms with E-state index in [1.54, 1.807) is 11.0 Å². The van der Waals surface area contributed by atoms with Crippen LogP contribution in [0.5, 0.6) is 0 Å². The van der Waals surface area contributed by atoms with E-state index in [4.69, 9.17) is 26.6 Å². The van der Waals surface area contributed by atoms with E-state index >= 15 is 0 Å². The Labute approximate surface area is 287 Å². The van der Waals surface area contributed by atoms with Gasteiger partial charge < -0.3 is 35.9 Å². The summed E-state index contributed by atoms with van der Waals surface area (Å²) in [6, 6.07) is 9.73. The SMILES string of the molecule is CC(=O)N[C@H](Cc1ccccc1)C(=O)N1CCCC1C(=O)N[C@@H](CCCNc1cc(Cl)nc(N)n1)B1O[C@@H]2CC3CC(C3(C)C)[C@]2(C)O1. The van der Waals surface area contributed by atoms with Gasteiger partial charge in [-0.3, -0.25) is 14.4 Å². The first-order valence-corrected chi connectivity index (χ1v) is 17.5. The van der Waals surface area contributed by atoms with Crippen LogP contribution in [-0.4, -0.2) is 82.5 Å². The second kappa shape index (κ2) is 13.8. The number of hydrogen-bond acceptors (Lipinski definition) is 9. The number of benzene rings is 1. The molecule has 258 valence electrons. The Morgan fingerprint density at radius 1 is 1.15 bits per heavy atom. The highest BCUT2D eigenvalue weighted by molar-refractivity contribution is 6.48. The van der Waals surface area contributed by atoms with Crippen molar-refractivity contribution in [2.75, 3.05) is 24.1 Å². The molecule has 7 rings (SSSR count). The van der Waals surface area contributed by atoms with Crippen LogP contribution in [0, 0.1) is 17.3 Å². The van der Waals surface area contributed by atoms with Gasteiger partial charge in [-0.2, -0.15) is 4.98 Å². The number of rotatable bonds is 12. The van der Waals surface area contributed by atoms with E-state index in [2.05, 4.69) is 46.7 Å². The molecule has 48 heavy (non-hydrogen) atoms. The third-order valence-corrected chi connectivity index (χ3v) is 11.3. The molecule has 2 saturated heterocycles. The Kier molecular flexibility index (Phi) is 9.93. The van der Waals surface area contributed by atoms with Crippen molar-refractivity contribution < 1.29 is 23.7 Å². The predicted molar refractivity (Wildman–Crippen MR) is 184 cm³/mol. The van der Waals surface area contributed by atoms with Crippen LogP contribution >= 0.6 is 11.6 Å². The molecule has 2 aromatic rings. The second-order valence-corrected chi connectivity index (χ2v) is 15.0. The average Bonchev–Trinajstić information content (AvgIpc) is 3.66. The number of likely N-dealkylation sites (tertiary alicyclic amines) is 1. The van der Waals surface area contributed by atoms with Crippen molar-refractivity contribution >= 4 is 48.2 Å². The molecule has 2 bridgehead atoms. The topological polar surface area (TPSA) is 161 Å². The fourth-order valence-corrected chi connectivity index (χ4v) is 8.68. The van der Waals surface area contributed by atoms with Crippen LogP contribution in [-0.2, 0) is 30.1 Å². The minimum atomic E-state index is -0.774. The van der Waals surface area contributed by atoms with E-state index in [1.165, 1.54) is 6.92 Å². The summed E-state index contributed by atoms with van der Waals surface area (Å²) in [5.41, 5.74) is 6.43. The van der Waals surface area contributed by atoms with Crippen molar-refractivity contribution in [3.05, 3.63) is 47.1 Å². The van der Waals surface area contributed by atoms with Gasteiger partial charge in [0, 0.05) is 32.5 Å². The van der Waals surface area contributed by atoms with Gasteiger partial charge in [0.25, 0.3) is 0 Å². The molecule has 3 aliphatic carbocycles. The summed E-state index contributed by atoms with van der Waals surface area (Å²) >= 11 is 6.05. The molecule has 5 N–H and O–H groups in total. The normalized spacial score (nSPS) is 28.2. The molecule has 12 nitrogen and oxygen atoms in total. The zero-order valence-electron chi connectivity index (χ0n) is 28.2. The number of amides is 3. The number of nitrogens with zero attached hydrogens (tertiary/aromatic N) is 3. The van der Waals surface area contributed by atoms with Gasteiger partial charge in [0.15, 0.2) is 0 Å². The molecule has 3 saturated carbocycles. The monoisotopic (exact) mass is 679 g/mol. The minimum Gasteiger partial charge on any atom is -0.404 e. The van der Waals surface area contributed by atoms with Gasteiger partial charge in [0.05, 0.1) is 17.6 Å². The molecule has 3 unspecified atom stereocenters. The number of nitrogens with one attached hydrogen (secondary N) is 3. The summed E-state index contributed by atoms with van der Waals surface area (Å²) in [4.78, 5) is 49.8. The highest BCUT2D eigenvalue weighted by Crippen LogP contribution is 2.65. The number of hydrogen-bond donors (Lipinski definition) is 4. The van der Waals surface area contributed by atoms with Gasteiger partial charge in [0.2, 0.25) is 23.7 Å². The molecule has 7 atom stereocenters. The van der Waals surface area contributed by atoms with Gasteiger partial charge in [-0.05, 0) is 68.3 Å². The van der Waals surface area contributed by atoms with E-state index in [9.17, 15) is 14.4 Å². The zero-order valence-corrected chi connectivity index (χ0v) is 29.0.